The Hall–Kier alpha value is -2.25. The lowest BCUT2D eigenvalue weighted by Gasteiger charge is -2.03. The van der Waals surface area contributed by atoms with Crippen molar-refractivity contribution in [2.75, 3.05) is 10.6 Å². The van der Waals surface area contributed by atoms with Crippen molar-refractivity contribution < 1.29 is 9.59 Å². The van der Waals surface area contributed by atoms with E-state index in [1.807, 2.05) is 25.1 Å². The summed E-state index contributed by atoms with van der Waals surface area (Å²) in [5.74, 6) is -0.345. The third kappa shape index (κ3) is 3.15. The molecule has 2 heterocycles. The highest BCUT2D eigenvalue weighted by Crippen LogP contribution is 2.26. The molecule has 0 fully saturated rings. The Morgan fingerprint density at radius 2 is 1.91 bits per heavy atom. The van der Waals surface area contributed by atoms with Gasteiger partial charge in [0.2, 0.25) is 5.91 Å². The summed E-state index contributed by atoms with van der Waals surface area (Å²) < 4.78 is 1.04. The zero-order valence-corrected chi connectivity index (χ0v) is 13.6. The van der Waals surface area contributed by atoms with Crippen LogP contribution in [0.15, 0.2) is 30.3 Å². The van der Waals surface area contributed by atoms with Gasteiger partial charge < -0.3 is 10.6 Å². The number of nitrogens with one attached hydrogen (secondary N) is 2. The van der Waals surface area contributed by atoms with Gasteiger partial charge in [0.05, 0.1) is 25.1 Å². The highest BCUT2D eigenvalue weighted by molar-refractivity contribution is 7.18. The summed E-state index contributed by atoms with van der Waals surface area (Å²) in [6.07, 6.45) is 0. The quantitative estimate of drug-likeness (QED) is 0.765. The monoisotopic (exact) mass is 331 g/mol. The van der Waals surface area contributed by atoms with E-state index in [1.165, 1.54) is 18.3 Å². The third-order valence-corrected chi connectivity index (χ3v) is 4.82. The smallest absolute Gasteiger partial charge is 0.265 e. The summed E-state index contributed by atoms with van der Waals surface area (Å²) >= 11 is 2.84. The van der Waals surface area contributed by atoms with Gasteiger partial charge in [-0.25, -0.2) is 4.98 Å². The average Bonchev–Trinajstić information content (AvgIpc) is 3.03. The highest BCUT2D eigenvalue weighted by atomic mass is 32.1. The number of thiazole rings is 1. The Kier molecular flexibility index (Phi) is 3.91. The molecule has 112 valence electrons. The zero-order valence-electron chi connectivity index (χ0n) is 12.0. The number of hydrogen-bond acceptors (Lipinski definition) is 5. The second-order valence-corrected chi connectivity index (χ2v) is 7.03. The van der Waals surface area contributed by atoms with E-state index in [9.17, 15) is 9.59 Å². The van der Waals surface area contributed by atoms with E-state index in [4.69, 9.17) is 0 Å². The van der Waals surface area contributed by atoms with Crippen molar-refractivity contribution >= 4 is 55.4 Å². The van der Waals surface area contributed by atoms with Crippen molar-refractivity contribution in [3.63, 3.8) is 0 Å². The molecule has 3 aromatic rings. The third-order valence-electron chi connectivity index (χ3n) is 2.88. The zero-order chi connectivity index (χ0) is 15.7. The maximum absolute atomic E-state index is 12.2. The van der Waals surface area contributed by atoms with Gasteiger partial charge in [0.25, 0.3) is 5.91 Å². The van der Waals surface area contributed by atoms with Crippen LogP contribution in [-0.2, 0) is 4.79 Å². The maximum Gasteiger partial charge on any atom is 0.265 e. The number of carbonyl (C=O) groups excluding carboxylic acids is 2. The first kappa shape index (κ1) is 14.7. The van der Waals surface area contributed by atoms with Gasteiger partial charge in [-0.2, -0.15) is 0 Å². The molecule has 5 nitrogen and oxygen atoms in total. The second kappa shape index (κ2) is 5.86. The fraction of sp³-hybridized carbons (Fsp3) is 0.133. The molecule has 0 saturated carbocycles. The maximum atomic E-state index is 12.2. The number of rotatable bonds is 3. The molecule has 7 heteroatoms. The SMILES string of the molecule is CC(=O)Nc1ccc(C(=O)Nc2ccc3nc(C)sc3c2)s1. The summed E-state index contributed by atoms with van der Waals surface area (Å²) in [5.41, 5.74) is 1.67. The fourth-order valence-electron chi connectivity index (χ4n) is 2.01. The number of anilines is 2. The lowest BCUT2D eigenvalue weighted by Crippen LogP contribution is -2.09. The molecule has 3 rings (SSSR count). The molecule has 0 bridgehead atoms. The van der Waals surface area contributed by atoms with E-state index in [1.54, 1.807) is 23.5 Å². The molecule has 0 saturated heterocycles. The standard InChI is InChI=1S/C15H13N3O2S2/c1-8(19)16-14-6-5-12(22-14)15(20)18-10-3-4-11-13(7-10)21-9(2)17-11/h3-7H,1-2H3,(H,16,19)(H,18,20). The van der Waals surface area contributed by atoms with Crippen molar-refractivity contribution in [2.24, 2.45) is 0 Å². The summed E-state index contributed by atoms with van der Waals surface area (Å²) in [6, 6.07) is 9.06. The van der Waals surface area contributed by atoms with Crippen molar-refractivity contribution in [1.82, 2.24) is 4.98 Å². The molecule has 0 radical (unpaired) electrons. The van der Waals surface area contributed by atoms with Crippen molar-refractivity contribution in [3.05, 3.63) is 40.2 Å². The first-order chi connectivity index (χ1) is 10.5. The molecule has 1 aromatic carbocycles. The summed E-state index contributed by atoms with van der Waals surface area (Å²) in [6.45, 7) is 3.39. The van der Waals surface area contributed by atoms with E-state index in [2.05, 4.69) is 15.6 Å². The van der Waals surface area contributed by atoms with Gasteiger partial charge in [-0.3, -0.25) is 9.59 Å². The van der Waals surface area contributed by atoms with Crippen LogP contribution in [0.1, 0.15) is 21.6 Å². The number of fused-ring (bicyclic) bond motifs is 1. The summed E-state index contributed by atoms with van der Waals surface area (Å²) in [5, 5.41) is 7.18. The first-order valence-electron chi connectivity index (χ1n) is 6.57. The van der Waals surface area contributed by atoms with Crippen molar-refractivity contribution in [3.8, 4) is 0 Å². The minimum atomic E-state index is -0.192. The largest absolute Gasteiger partial charge is 0.321 e. The van der Waals surface area contributed by atoms with Gasteiger partial charge in [0.1, 0.15) is 0 Å². The first-order valence-corrected chi connectivity index (χ1v) is 8.20. The van der Waals surface area contributed by atoms with Crippen LogP contribution < -0.4 is 10.6 Å². The predicted molar refractivity (Wildman–Crippen MR) is 90.9 cm³/mol. The number of benzene rings is 1. The molecule has 0 atom stereocenters. The molecule has 2 N–H and O–H groups in total. The molecule has 2 aromatic heterocycles. The van der Waals surface area contributed by atoms with E-state index < -0.39 is 0 Å². The van der Waals surface area contributed by atoms with Gasteiger partial charge in [0.15, 0.2) is 0 Å². The predicted octanol–water partition coefficient (Wildman–Crippen LogP) is 3.88. The van der Waals surface area contributed by atoms with Crippen LogP contribution >= 0.6 is 22.7 Å². The van der Waals surface area contributed by atoms with Crippen LogP contribution in [0.5, 0.6) is 0 Å². The second-order valence-electron chi connectivity index (χ2n) is 4.71. The number of aryl methyl sites for hydroxylation is 1. The van der Waals surface area contributed by atoms with Gasteiger partial charge in [-0.05, 0) is 37.3 Å². The molecule has 0 aliphatic carbocycles. The Morgan fingerprint density at radius 1 is 1.09 bits per heavy atom. The normalized spacial score (nSPS) is 10.6. The summed E-state index contributed by atoms with van der Waals surface area (Å²) in [7, 11) is 0. The average molecular weight is 331 g/mol. The minimum Gasteiger partial charge on any atom is -0.321 e. The molecular weight excluding hydrogens is 318 g/mol. The minimum absolute atomic E-state index is 0.153. The number of carbonyl (C=O) groups is 2. The van der Waals surface area contributed by atoms with E-state index in [-0.39, 0.29) is 11.8 Å². The van der Waals surface area contributed by atoms with Crippen LogP contribution in [0.2, 0.25) is 0 Å². The Morgan fingerprint density at radius 3 is 2.68 bits per heavy atom. The number of aromatic nitrogens is 1. The van der Waals surface area contributed by atoms with E-state index >= 15 is 0 Å². The number of hydrogen-bond donors (Lipinski definition) is 2. The molecule has 0 aliphatic rings. The van der Waals surface area contributed by atoms with Gasteiger partial charge in [0, 0.05) is 12.6 Å². The molecular formula is C15H13N3O2S2. The van der Waals surface area contributed by atoms with Gasteiger partial charge in [-0.15, -0.1) is 22.7 Å². The topological polar surface area (TPSA) is 71.1 Å². The van der Waals surface area contributed by atoms with Crippen LogP contribution in [0.3, 0.4) is 0 Å². The van der Waals surface area contributed by atoms with Gasteiger partial charge >= 0.3 is 0 Å². The summed E-state index contributed by atoms with van der Waals surface area (Å²) in [4.78, 5) is 28.2. The van der Waals surface area contributed by atoms with E-state index in [0.29, 0.717) is 9.88 Å². The molecule has 2 amide bonds. The van der Waals surface area contributed by atoms with E-state index in [0.717, 1.165) is 20.9 Å². The van der Waals surface area contributed by atoms with Crippen LogP contribution in [-0.4, -0.2) is 16.8 Å². The van der Waals surface area contributed by atoms with Crippen molar-refractivity contribution in [2.45, 2.75) is 13.8 Å². The Balaban J connectivity index is 1.77. The number of thiophene rings is 1. The molecule has 22 heavy (non-hydrogen) atoms. The molecule has 0 spiro atoms. The molecule has 0 aliphatic heterocycles. The Labute approximate surface area is 135 Å². The van der Waals surface area contributed by atoms with Gasteiger partial charge in [-0.1, -0.05) is 0 Å². The van der Waals surface area contributed by atoms with Crippen LogP contribution in [0, 0.1) is 6.92 Å². The lowest BCUT2D eigenvalue weighted by atomic mass is 10.3. The fourth-order valence-corrected chi connectivity index (χ4v) is 3.72. The highest BCUT2D eigenvalue weighted by Gasteiger charge is 2.11. The Bertz CT molecular complexity index is 867. The van der Waals surface area contributed by atoms with Crippen molar-refractivity contribution in [1.29, 1.82) is 0 Å². The number of nitrogens with zero attached hydrogens (tertiary/aromatic N) is 1. The molecule has 0 unspecified atom stereocenters. The van der Waals surface area contributed by atoms with Crippen LogP contribution in [0.4, 0.5) is 10.7 Å². The lowest BCUT2D eigenvalue weighted by molar-refractivity contribution is -0.114. The number of amides is 2. The van der Waals surface area contributed by atoms with Crippen LogP contribution in [0.25, 0.3) is 10.2 Å².